The van der Waals surface area contributed by atoms with Crippen molar-refractivity contribution in [2.75, 3.05) is 59.3 Å². The van der Waals surface area contributed by atoms with Gasteiger partial charge >= 0.3 is 12.1 Å². The minimum atomic E-state index is -4.99. The first-order valence-corrected chi connectivity index (χ1v) is 16.4. The zero-order valence-corrected chi connectivity index (χ0v) is 28.4. The van der Waals surface area contributed by atoms with E-state index in [2.05, 4.69) is 26.6 Å². The molecule has 0 aliphatic heterocycles. The number of ether oxygens (including phenoxy) is 3. The summed E-state index contributed by atoms with van der Waals surface area (Å²) in [7, 11) is 0. The van der Waals surface area contributed by atoms with Crippen LogP contribution in [-0.4, -0.2) is 112 Å². The Labute approximate surface area is 292 Å². The molecule has 2 atom stereocenters. The number of alkyl halides is 3. The van der Waals surface area contributed by atoms with Crippen LogP contribution < -0.4 is 26.6 Å². The third-order valence-corrected chi connectivity index (χ3v) is 6.99. The number of nitrogens with one attached hydrogen (secondary N) is 5. The van der Waals surface area contributed by atoms with Crippen LogP contribution in [0.5, 0.6) is 0 Å². The molecular formula is C32H47F4N5O10. The van der Waals surface area contributed by atoms with E-state index < -0.39 is 58.9 Å². The van der Waals surface area contributed by atoms with Gasteiger partial charge in [0.1, 0.15) is 17.9 Å². The van der Waals surface area contributed by atoms with E-state index in [0.717, 1.165) is 6.07 Å². The molecule has 0 radical (unpaired) electrons. The number of rotatable bonds is 28. The van der Waals surface area contributed by atoms with Crippen molar-refractivity contribution >= 4 is 36.0 Å². The number of carboxylic acid groups (broad SMARTS) is 1. The van der Waals surface area contributed by atoms with Crippen LogP contribution in [0.2, 0.25) is 0 Å². The van der Waals surface area contributed by atoms with E-state index in [-0.39, 0.29) is 64.4 Å². The van der Waals surface area contributed by atoms with Gasteiger partial charge in [0.05, 0.1) is 45.2 Å². The largest absolute Gasteiger partial charge is 0.480 e. The lowest BCUT2D eigenvalue weighted by Crippen LogP contribution is -2.51. The molecule has 19 heteroatoms. The first-order valence-electron chi connectivity index (χ1n) is 16.4. The SMILES string of the molecule is CC(=O)NCCCCC(NC(=O)C(CCCCNC(=O)c1ccc(F)c(C(F)(F)F)c1)NC(=O)CCOCCOCCOCCNC=O)C(=O)O. The Morgan fingerprint density at radius 1 is 0.804 bits per heavy atom. The Balaban J connectivity index is 2.64. The van der Waals surface area contributed by atoms with Crippen LogP contribution in [0.25, 0.3) is 0 Å². The molecule has 15 nitrogen and oxygen atoms in total. The number of hydrogen-bond donors (Lipinski definition) is 6. The summed E-state index contributed by atoms with van der Waals surface area (Å²) < 4.78 is 68.5. The van der Waals surface area contributed by atoms with Crippen LogP contribution in [0.15, 0.2) is 18.2 Å². The number of aliphatic carboxylic acids is 1. The molecule has 0 fully saturated rings. The van der Waals surface area contributed by atoms with Crippen molar-refractivity contribution in [2.45, 2.75) is 70.1 Å². The molecule has 1 rings (SSSR count). The van der Waals surface area contributed by atoms with Gasteiger partial charge in [0.2, 0.25) is 24.1 Å². The molecule has 6 N–H and O–H groups in total. The van der Waals surface area contributed by atoms with Gasteiger partial charge in [0.25, 0.3) is 5.91 Å². The molecule has 0 aliphatic carbocycles. The highest BCUT2D eigenvalue weighted by Crippen LogP contribution is 2.31. The van der Waals surface area contributed by atoms with Crippen molar-refractivity contribution in [1.29, 1.82) is 0 Å². The van der Waals surface area contributed by atoms with E-state index in [1.54, 1.807) is 0 Å². The fourth-order valence-corrected chi connectivity index (χ4v) is 4.36. The van der Waals surface area contributed by atoms with Gasteiger partial charge in [-0.1, -0.05) is 0 Å². The van der Waals surface area contributed by atoms with Crippen molar-refractivity contribution < 1.29 is 65.6 Å². The van der Waals surface area contributed by atoms with E-state index >= 15 is 0 Å². The van der Waals surface area contributed by atoms with Gasteiger partial charge in [-0.3, -0.25) is 24.0 Å². The van der Waals surface area contributed by atoms with E-state index in [1.807, 2.05) is 0 Å². The fraction of sp³-hybridized carbons (Fsp3) is 0.625. The number of carbonyl (C=O) groups is 6. The van der Waals surface area contributed by atoms with Crippen LogP contribution in [0, 0.1) is 5.82 Å². The number of carboxylic acids is 1. The zero-order chi connectivity index (χ0) is 38.1. The topological polar surface area (TPSA) is 210 Å². The molecule has 1 aromatic carbocycles. The van der Waals surface area contributed by atoms with Crippen LogP contribution in [0.3, 0.4) is 0 Å². The van der Waals surface area contributed by atoms with E-state index in [1.165, 1.54) is 6.92 Å². The van der Waals surface area contributed by atoms with Gasteiger partial charge in [0.15, 0.2) is 0 Å². The maximum Gasteiger partial charge on any atom is 0.419 e. The summed E-state index contributed by atoms with van der Waals surface area (Å²) in [6, 6.07) is -0.560. The lowest BCUT2D eigenvalue weighted by atomic mass is 10.1. The van der Waals surface area contributed by atoms with Gasteiger partial charge in [0, 0.05) is 38.5 Å². The van der Waals surface area contributed by atoms with Crippen molar-refractivity contribution in [2.24, 2.45) is 0 Å². The highest BCUT2D eigenvalue weighted by Gasteiger charge is 2.34. The number of carbonyl (C=O) groups excluding carboxylic acids is 5. The molecule has 0 aromatic heterocycles. The lowest BCUT2D eigenvalue weighted by molar-refractivity contribution is -0.142. The minimum absolute atomic E-state index is 0.00504. The quantitative estimate of drug-likeness (QED) is 0.0412. The highest BCUT2D eigenvalue weighted by atomic mass is 19.4. The Morgan fingerprint density at radius 2 is 1.39 bits per heavy atom. The lowest BCUT2D eigenvalue weighted by Gasteiger charge is -2.22. The van der Waals surface area contributed by atoms with Crippen LogP contribution in [0.1, 0.15) is 67.8 Å². The first-order chi connectivity index (χ1) is 24.3. The second-order valence-corrected chi connectivity index (χ2v) is 11.1. The number of benzene rings is 1. The van der Waals surface area contributed by atoms with Gasteiger partial charge in [-0.25, -0.2) is 9.18 Å². The minimum Gasteiger partial charge on any atom is -0.480 e. The Morgan fingerprint density at radius 3 is 1.98 bits per heavy atom. The standard InChI is InChI=1S/C32H47F4N5O10/c1-22(43)38-11-4-3-7-27(31(47)48)41-30(46)26(40-28(44)10-14-49-16-18-51-19-17-50-15-13-37-21-42)6-2-5-12-39-29(45)23-8-9-25(33)24(20-23)32(34,35)36/h8-9,20-21,26-27H,2-7,10-19H2,1H3,(H,37,42)(H,38,43)(H,39,45)(H,40,44)(H,41,46)(H,47,48). The summed E-state index contributed by atoms with van der Waals surface area (Å²) >= 11 is 0. The Hall–Kier alpha value is -4.36. The van der Waals surface area contributed by atoms with Crippen molar-refractivity contribution in [3.8, 4) is 0 Å². The first kappa shape index (κ1) is 44.7. The van der Waals surface area contributed by atoms with Crippen molar-refractivity contribution in [3.05, 3.63) is 35.1 Å². The average molecular weight is 738 g/mol. The monoisotopic (exact) mass is 737 g/mol. The number of amides is 5. The molecule has 2 unspecified atom stereocenters. The average Bonchev–Trinajstić information content (AvgIpc) is 3.06. The van der Waals surface area contributed by atoms with Gasteiger partial charge < -0.3 is 45.9 Å². The third-order valence-electron chi connectivity index (χ3n) is 6.99. The summed E-state index contributed by atoms with van der Waals surface area (Å²) in [5.74, 6) is -5.22. The molecule has 0 saturated carbocycles. The molecule has 288 valence electrons. The summed E-state index contributed by atoms with van der Waals surface area (Å²) in [6.07, 6.45) is -3.15. The Bertz CT molecular complexity index is 1260. The van der Waals surface area contributed by atoms with Crippen LogP contribution >= 0.6 is 0 Å². The van der Waals surface area contributed by atoms with E-state index in [0.29, 0.717) is 64.3 Å². The molecule has 51 heavy (non-hydrogen) atoms. The van der Waals surface area contributed by atoms with Crippen molar-refractivity contribution in [3.63, 3.8) is 0 Å². The summed E-state index contributed by atoms with van der Waals surface area (Å²) in [5.41, 5.74) is -1.97. The molecule has 0 heterocycles. The van der Waals surface area contributed by atoms with E-state index in [4.69, 9.17) is 14.2 Å². The highest BCUT2D eigenvalue weighted by molar-refractivity contribution is 5.94. The second-order valence-electron chi connectivity index (χ2n) is 11.1. The molecule has 5 amide bonds. The number of unbranched alkanes of at least 4 members (excludes halogenated alkanes) is 2. The molecule has 0 bridgehead atoms. The molecular weight excluding hydrogens is 690 g/mol. The molecule has 0 aliphatic rings. The molecule has 0 spiro atoms. The fourth-order valence-electron chi connectivity index (χ4n) is 4.36. The summed E-state index contributed by atoms with van der Waals surface area (Å²) in [4.78, 5) is 71.1. The van der Waals surface area contributed by atoms with E-state index in [9.17, 15) is 51.4 Å². The number of hydrogen-bond acceptors (Lipinski definition) is 9. The molecule has 0 saturated heterocycles. The van der Waals surface area contributed by atoms with Gasteiger partial charge in [-0.15, -0.1) is 0 Å². The van der Waals surface area contributed by atoms with Crippen LogP contribution in [0.4, 0.5) is 17.6 Å². The maximum absolute atomic E-state index is 13.6. The number of halogens is 4. The van der Waals surface area contributed by atoms with Crippen molar-refractivity contribution in [1.82, 2.24) is 26.6 Å². The second kappa shape index (κ2) is 25.6. The third kappa shape index (κ3) is 20.8. The summed E-state index contributed by atoms with van der Waals surface area (Å²) in [6.45, 7) is 3.39. The summed E-state index contributed by atoms with van der Waals surface area (Å²) in [5, 5.41) is 22.1. The Kier molecular flexibility index (Phi) is 22.4. The smallest absolute Gasteiger partial charge is 0.419 e. The maximum atomic E-state index is 13.6. The predicted octanol–water partition coefficient (Wildman–Crippen LogP) is 1.29. The zero-order valence-electron chi connectivity index (χ0n) is 28.4. The normalized spacial score (nSPS) is 12.3. The van der Waals surface area contributed by atoms with Gasteiger partial charge in [-0.05, 0) is 56.7 Å². The molecule has 1 aromatic rings. The van der Waals surface area contributed by atoms with Crippen LogP contribution in [-0.2, 0) is 44.4 Å². The van der Waals surface area contributed by atoms with Gasteiger partial charge in [-0.2, -0.15) is 13.2 Å². The predicted molar refractivity (Wildman–Crippen MR) is 173 cm³/mol.